The summed E-state index contributed by atoms with van der Waals surface area (Å²) in [5.41, 5.74) is 9.03. The summed E-state index contributed by atoms with van der Waals surface area (Å²) in [6.45, 7) is 7.18. The Morgan fingerprint density at radius 3 is 2.00 bits per heavy atom. The van der Waals surface area contributed by atoms with Gasteiger partial charge in [0.2, 0.25) is 0 Å². The SMILES string of the molecule is CC(C)(C)c1ccc(OCc2ccc(N)cc2)cc1. The Labute approximate surface area is 115 Å². The van der Waals surface area contributed by atoms with Gasteiger partial charge in [0.1, 0.15) is 12.4 Å². The molecule has 2 aromatic rings. The topological polar surface area (TPSA) is 35.2 Å². The summed E-state index contributed by atoms with van der Waals surface area (Å²) < 4.78 is 5.76. The predicted octanol–water partition coefficient (Wildman–Crippen LogP) is 4.15. The van der Waals surface area contributed by atoms with Crippen LogP contribution in [0.4, 0.5) is 5.69 Å². The van der Waals surface area contributed by atoms with E-state index in [1.165, 1.54) is 5.56 Å². The van der Waals surface area contributed by atoms with E-state index in [9.17, 15) is 0 Å². The van der Waals surface area contributed by atoms with E-state index in [0.29, 0.717) is 6.61 Å². The average molecular weight is 255 g/mol. The van der Waals surface area contributed by atoms with Gasteiger partial charge in [-0.1, -0.05) is 45.0 Å². The van der Waals surface area contributed by atoms with Gasteiger partial charge < -0.3 is 10.5 Å². The van der Waals surface area contributed by atoms with E-state index in [1.54, 1.807) is 0 Å². The Kier molecular flexibility index (Phi) is 3.79. The number of anilines is 1. The van der Waals surface area contributed by atoms with E-state index in [2.05, 4.69) is 32.9 Å². The molecule has 2 aromatic carbocycles. The molecule has 0 aliphatic rings. The summed E-state index contributed by atoms with van der Waals surface area (Å²) in [6.07, 6.45) is 0. The number of hydrogen-bond acceptors (Lipinski definition) is 2. The minimum atomic E-state index is 0.176. The molecule has 0 amide bonds. The van der Waals surface area contributed by atoms with Crippen molar-refractivity contribution in [3.63, 3.8) is 0 Å². The Morgan fingerprint density at radius 1 is 0.895 bits per heavy atom. The molecule has 0 unspecified atom stereocenters. The second-order valence-electron chi connectivity index (χ2n) is 5.80. The van der Waals surface area contributed by atoms with Gasteiger partial charge in [-0.25, -0.2) is 0 Å². The molecule has 0 saturated heterocycles. The van der Waals surface area contributed by atoms with Crippen LogP contribution in [0.2, 0.25) is 0 Å². The van der Waals surface area contributed by atoms with Crippen molar-refractivity contribution in [1.82, 2.24) is 0 Å². The van der Waals surface area contributed by atoms with Gasteiger partial charge in [-0.2, -0.15) is 0 Å². The second kappa shape index (κ2) is 5.35. The monoisotopic (exact) mass is 255 g/mol. The highest BCUT2D eigenvalue weighted by atomic mass is 16.5. The number of hydrogen-bond donors (Lipinski definition) is 1. The average Bonchev–Trinajstić information content (AvgIpc) is 2.37. The van der Waals surface area contributed by atoms with Crippen LogP contribution >= 0.6 is 0 Å². The van der Waals surface area contributed by atoms with Crippen molar-refractivity contribution in [2.45, 2.75) is 32.8 Å². The zero-order valence-corrected chi connectivity index (χ0v) is 11.8. The van der Waals surface area contributed by atoms with Crippen LogP contribution in [-0.4, -0.2) is 0 Å². The van der Waals surface area contributed by atoms with Crippen LogP contribution in [0.1, 0.15) is 31.9 Å². The van der Waals surface area contributed by atoms with Crippen molar-refractivity contribution in [2.75, 3.05) is 5.73 Å². The van der Waals surface area contributed by atoms with Crippen molar-refractivity contribution >= 4 is 5.69 Å². The molecule has 2 rings (SSSR count). The molecule has 0 radical (unpaired) electrons. The van der Waals surface area contributed by atoms with Crippen LogP contribution in [0.15, 0.2) is 48.5 Å². The molecule has 0 bridgehead atoms. The molecule has 19 heavy (non-hydrogen) atoms. The maximum absolute atomic E-state index is 5.76. The molecule has 0 aliphatic heterocycles. The van der Waals surface area contributed by atoms with Gasteiger partial charge in [0, 0.05) is 5.69 Å². The molecule has 0 spiro atoms. The molecular weight excluding hydrogens is 234 g/mol. The third kappa shape index (κ3) is 3.75. The molecule has 2 heteroatoms. The molecule has 0 heterocycles. The van der Waals surface area contributed by atoms with Crippen LogP contribution in [-0.2, 0) is 12.0 Å². The van der Waals surface area contributed by atoms with Crippen molar-refractivity contribution < 1.29 is 4.74 Å². The van der Waals surface area contributed by atoms with E-state index in [-0.39, 0.29) is 5.41 Å². The number of nitrogens with two attached hydrogens (primary N) is 1. The van der Waals surface area contributed by atoms with E-state index in [0.717, 1.165) is 17.0 Å². The summed E-state index contributed by atoms with van der Waals surface area (Å²) in [5, 5.41) is 0. The van der Waals surface area contributed by atoms with Crippen molar-refractivity contribution in [2.24, 2.45) is 0 Å². The third-order valence-electron chi connectivity index (χ3n) is 3.11. The van der Waals surface area contributed by atoms with Crippen LogP contribution in [0.25, 0.3) is 0 Å². The molecule has 0 fully saturated rings. The zero-order chi connectivity index (χ0) is 13.9. The lowest BCUT2D eigenvalue weighted by atomic mass is 9.87. The van der Waals surface area contributed by atoms with Gasteiger partial charge in [0.25, 0.3) is 0 Å². The summed E-state index contributed by atoms with van der Waals surface area (Å²) in [6, 6.07) is 16.0. The van der Waals surface area contributed by atoms with E-state index >= 15 is 0 Å². The lowest BCUT2D eigenvalue weighted by Crippen LogP contribution is -2.10. The maximum Gasteiger partial charge on any atom is 0.119 e. The van der Waals surface area contributed by atoms with Crippen LogP contribution in [0.5, 0.6) is 5.75 Å². The second-order valence-corrected chi connectivity index (χ2v) is 5.80. The smallest absolute Gasteiger partial charge is 0.119 e. The van der Waals surface area contributed by atoms with Crippen molar-refractivity contribution in [3.05, 3.63) is 59.7 Å². The Balaban J connectivity index is 1.98. The normalized spacial score (nSPS) is 11.3. The maximum atomic E-state index is 5.76. The van der Waals surface area contributed by atoms with Crippen LogP contribution < -0.4 is 10.5 Å². The van der Waals surface area contributed by atoms with Crippen molar-refractivity contribution in [1.29, 1.82) is 0 Å². The summed E-state index contributed by atoms with van der Waals surface area (Å²) >= 11 is 0. The van der Waals surface area contributed by atoms with Gasteiger partial charge in [0.15, 0.2) is 0 Å². The largest absolute Gasteiger partial charge is 0.489 e. The van der Waals surface area contributed by atoms with Gasteiger partial charge >= 0.3 is 0 Å². The molecule has 0 atom stereocenters. The number of ether oxygens (including phenoxy) is 1. The quantitative estimate of drug-likeness (QED) is 0.836. The third-order valence-corrected chi connectivity index (χ3v) is 3.11. The van der Waals surface area contributed by atoms with Crippen molar-refractivity contribution in [3.8, 4) is 5.75 Å². The van der Waals surface area contributed by atoms with Gasteiger partial charge in [-0.05, 0) is 40.8 Å². The highest BCUT2D eigenvalue weighted by molar-refractivity contribution is 5.39. The first-order valence-corrected chi connectivity index (χ1v) is 6.53. The molecule has 0 saturated carbocycles. The summed E-state index contributed by atoms with van der Waals surface area (Å²) in [7, 11) is 0. The molecule has 2 N–H and O–H groups in total. The molecule has 100 valence electrons. The summed E-state index contributed by atoms with van der Waals surface area (Å²) in [5.74, 6) is 0.893. The highest BCUT2D eigenvalue weighted by Gasteiger charge is 2.12. The van der Waals surface area contributed by atoms with Crippen LogP contribution in [0, 0.1) is 0 Å². The van der Waals surface area contributed by atoms with Gasteiger partial charge in [0.05, 0.1) is 0 Å². The number of rotatable bonds is 3. The van der Waals surface area contributed by atoms with Gasteiger partial charge in [-0.3, -0.25) is 0 Å². The first-order valence-electron chi connectivity index (χ1n) is 6.53. The Hall–Kier alpha value is -1.96. The number of nitrogen functional groups attached to an aromatic ring is 1. The fourth-order valence-electron chi connectivity index (χ4n) is 1.83. The first-order chi connectivity index (χ1) is 8.95. The Bertz CT molecular complexity index is 521. The standard InChI is InChI=1S/C17H21NO/c1-17(2,3)14-6-10-16(11-7-14)19-12-13-4-8-15(18)9-5-13/h4-11H,12,18H2,1-3H3. The first kappa shape index (κ1) is 13.5. The van der Waals surface area contributed by atoms with E-state index in [4.69, 9.17) is 10.5 Å². The van der Waals surface area contributed by atoms with E-state index < -0.39 is 0 Å². The van der Waals surface area contributed by atoms with Crippen LogP contribution in [0.3, 0.4) is 0 Å². The molecular formula is C17H21NO. The molecule has 2 nitrogen and oxygen atoms in total. The van der Waals surface area contributed by atoms with E-state index in [1.807, 2.05) is 36.4 Å². The minimum Gasteiger partial charge on any atom is -0.489 e. The zero-order valence-electron chi connectivity index (χ0n) is 11.8. The fraction of sp³-hybridized carbons (Fsp3) is 0.294. The molecule has 0 aliphatic carbocycles. The Morgan fingerprint density at radius 2 is 1.47 bits per heavy atom. The fourth-order valence-corrected chi connectivity index (χ4v) is 1.83. The van der Waals surface area contributed by atoms with Gasteiger partial charge in [-0.15, -0.1) is 0 Å². The predicted molar refractivity (Wildman–Crippen MR) is 80.3 cm³/mol. The summed E-state index contributed by atoms with van der Waals surface area (Å²) in [4.78, 5) is 0. The minimum absolute atomic E-state index is 0.176. The lowest BCUT2D eigenvalue weighted by Gasteiger charge is -2.19. The molecule has 0 aromatic heterocycles. The lowest BCUT2D eigenvalue weighted by molar-refractivity contribution is 0.306. The highest BCUT2D eigenvalue weighted by Crippen LogP contribution is 2.24. The number of benzene rings is 2.